The molecule has 6 nitrogen and oxygen atoms in total. The van der Waals surface area contributed by atoms with Crippen LogP contribution in [-0.4, -0.2) is 29.2 Å². The topological polar surface area (TPSA) is 78.5 Å². The Hall–Kier alpha value is -3.67. The molecule has 1 aliphatic rings. The summed E-state index contributed by atoms with van der Waals surface area (Å²) in [6.07, 6.45) is 1.52. The van der Waals surface area contributed by atoms with Crippen molar-refractivity contribution in [3.63, 3.8) is 0 Å². The molecule has 29 heavy (non-hydrogen) atoms. The lowest BCUT2D eigenvalue weighted by Crippen LogP contribution is -2.32. The molecule has 0 saturated carbocycles. The summed E-state index contributed by atoms with van der Waals surface area (Å²) < 4.78 is 0. The highest BCUT2D eigenvalue weighted by atomic mass is 16.2. The summed E-state index contributed by atoms with van der Waals surface area (Å²) in [6, 6.07) is 12.7. The summed E-state index contributed by atoms with van der Waals surface area (Å²) in [5.74, 6) is -0.953. The van der Waals surface area contributed by atoms with Crippen molar-refractivity contribution in [3.8, 4) is 0 Å². The Morgan fingerprint density at radius 3 is 2.38 bits per heavy atom. The Bertz CT molecular complexity index is 1040. The van der Waals surface area contributed by atoms with Crippen LogP contribution in [0.3, 0.4) is 0 Å². The molecule has 148 valence electrons. The van der Waals surface area contributed by atoms with Crippen molar-refractivity contribution in [1.82, 2.24) is 4.90 Å². The zero-order chi connectivity index (χ0) is 21.1. The first kappa shape index (κ1) is 20.1. The number of carbonyl (C=O) groups excluding carboxylic acids is 3. The van der Waals surface area contributed by atoms with Crippen molar-refractivity contribution in [2.45, 2.75) is 20.8 Å². The molecule has 0 radical (unpaired) electrons. The van der Waals surface area contributed by atoms with E-state index in [-0.39, 0.29) is 24.1 Å². The summed E-state index contributed by atoms with van der Waals surface area (Å²) in [7, 11) is 0. The number of rotatable bonds is 6. The number of nitrogens with one attached hydrogen (secondary N) is 2. The van der Waals surface area contributed by atoms with Gasteiger partial charge in [0.1, 0.15) is 5.70 Å². The first-order chi connectivity index (χ1) is 13.8. The summed E-state index contributed by atoms with van der Waals surface area (Å²) in [4.78, 5) is 38.4. The van der Waals surface area contributed by atoms with Crippen LogP contribution in [0.15, 0.2) is 60.8 Å². The number of hydrogen-bond acceptors (Lipinski definition) is 4. The van der Waals surface area contributed by atoms with Crippen LogP contribution in [0.25, 0.3) is 5.57 Å². The van der Waals surface area contributed by atoms with Crippen molar-refractivity contribution < 1.29 is 14.4 Å². The van der Waals surface area contributed by atoms with Gasteiger partial charge in [-0.05, 0) is 48.7 Å². The second kappa shape index (κ2) is 8.14. The quantitative estimate of drug-likeness (QED) is 0.584. The fourth-order valence-corrected chi connectivity index (χ4v) is 3.18. The molecule has 0 fully saturated rings. The van der Waals surface area contributed by atoms with E-state index in [4.69, 9.17) is 0 Å². The molecule has 3 rings (SSSR count). The Kier molecular flexibility index (Phi) is 5.64. The third kappa shape index (κ3) is 4.11. The second-order valence-electron chi connectivity index (χ2n) is 6.96. The second-order valence-corrected chi connectivity index (χ2v) is 6.96. The van der Waals surface area contributed by atoms with Gasteiger partial charge in [-0.3, -0.25) is 19.3 Å². The van der Waals surface area contributed by atoms with Gasteiger partial charge in [-0.15, -0.1) is 6.58 Å². The van der Waals surface area contributed by atoms with Gasteiger partial charge < -0.3 is 10.6 Å². The van der Waals surface area contributed by atoms with Crippen molar-refractivity contribution in [2.75, 3.05) is 17.2 Å². The van der Waals surface area contributed by atoms with E-state index in [0.29, 0.717) is 16.8 Å². The van der Waals surface area contributed by atoms with E-state index in [1.165, 1.54) is 13.0 Å². The zero-order valence-electron chi connectivity index (χ0n) is 16.7. The first-order valence-electron chi connectivity index (χ1n) is 9.25. The number of aryl methyl sites for hydroxylation is 2. The molecular formula is C23H23N3O3. The van der Waals surface area contributed by atoms with Gasteiger partial charge in [0.05, 0.1) is 5.57 Å². The van der Waals surface area contributed by atoms with Crippen LogP contribution >= 0.6 is 0 Å². The van der Waals surface area contributed by atoms with Crippen LogP contribution in [0.5, 0.6) is 0 Å². The lowest BCUT2D eigenvalue weighted by molar-refractivity contribution is -0.136. The Labute approximate surface area is 169 Å². The Balaban J connectivity index is 2.07. The number of nitrogens with zero attached hydrogens (tertiary/aromatic N) is 1. The summed E-state index contributed by atoms with van der Waals surface area (Å²) >= 11 is 0. The number of amides is 3. The Morgan fingerprint density at radius 2 is 1.76 bits per heavy atom. The fraction of sp³-hybridized carbons (Fsp3) is 0.174. The van der Waals surface area contributed by atoms with E-state index in [1.807, 2.05) is 32.0 Å². The summed E-state index contributed by atoms with van der Waals surface area (Å²) in [5.41, 5.74) is 4.52. The monoisotopic (exact) mass is 389 g/mol. The van der Waals surface area contributed by atoms with Crippen LogP contribution in [0.2, 0.25) is 0 Å². The number of anilines is 2. The SMILES string of the molecule is C=CCN1C(=O)C(Nc2cc(C)ccc2C)=C(c2ccc(NC(C)=O)cc2)C1=O. The largest absolute Gasteiger partial charge is 0.350 e. The fourth-order valence-electron chi connectivity index (χ4n) is 3.18. The highest BCUT2D eigenvalue weighted by Crippen LogP contribution is 2.32. The van der Waals surface area contributed by atoms with Crippen molar-refractivity contribution in [3.05, 3.63) is 77.5 Å². The maximum Gasteiger partial charge on any atom is 0.278 e. The minimum atomic E-state index is -0.392. The van der Waals surface area contributed by atoms with Crippen molar-refractivity contribution >= 4 is 34.7 Å². The predicted molar refractivity (Wildman–Crippen MR) is 114 cm³/mol. The maximum absolute atomic E-state index is 13.0. The number of carbonyl (C=O) groups is 3. The van der Waals surface area contributed by atoms with Crippen LogP contribution in [0.4, 0.5) is 11.4 Å². The van der Waals surface area contributed by atoms with Gasteiger partial charge in [0.25, 0.3) is 11.8 Å². The molecule has 0 saturated heterocycles. The first-order valence-corrected chi connectivity index (χ1v) is 9.25. The predicted octanol–water partition coefficient (Wildman–Crippen LogP) is 3.64. The van der Waals surface area contributed by atoms with E-state index < -0.39 is 5.91 Å². The minimum absolute atomic E-state index is 0.128. The van der Waals surface area contributed by atoms with Gasteiger partial charge in [0.15, 0.2) is 0 Å². The molecule has 2 aromatic rings. The third-order valence-corrected chi connectivity index (χ3v) is 4.63. The van der Waals surface area contributed by atoms with Crippen molar-refractivity contribution in [2.24, 2.45) is 0 Å². The molecule has 2 N–H and O–H groups in total. The molecule has 0 aromatic heterocycles. The summed E-state index contributed by atoms with van der Waals surface area (Å²) in [6.45, 7) is 9.10. The lowest BCUT2D eigenvalue weighted by Gasteiger charge is -2.13. The average molecular weight is 389 g/mol. The van der Waals surface area contributed by atoms with Gasteiger partial charge in [-0.1, -0.05) is 30.3 Å². The van der Waals surface area contributed by atoms with Crippen molar-refractivity contribution in [1.29, 1.82) is 0 Å². The van der Waals surface area contributed by atoms with Crippen LogP contribution in [0.1, 0.15) is 23.6 Å². The molecule has 3 amide bonds. The van der Waals surface area contributed by atoms with E-state index in [1.54, 1.807) is 24.3 Å². The average Bonchev–Trinajstić information content (AvgIpc) is 2.90. The molecule has 0 unspecified atom stereocenters. The molecular weight excluding hydrogens is 366 g/mol. The molecule has 0 atom stereocenters. The van der Waals surface area contributed by atoms with Gasteiger partial charge >= 0.3 is 0 Å². The van der Waals surface area contributed by atoms with E-state index in [2.05, 4.69) is 17.2 Å². The Morgan fingerprint density at radius 1 is 1.07 bits per heavy atom. The smallest absolute Gasteiger partial charge is 0.278 e. The van der Waals surface area contributed by atoms with Gasteiger partial charge in [-0.25, -0.2) is 0 Å². The molecule has 1 heterocycles. The molecule has 2 aromatic carbocycles. The highest BCUT2D eigenvalue weighted by Gasteiger charge is 2.38. The zero-order valence-corrected chi connectivity index (χ0v) is 16.7. The highest BCUT2D eigenvalue weighted by molar-refractivity contribution is 6.36. The standard InChI is InChI=1S/C23H23N3O3/c1-5-12-26-22(28)20(17-8-10-18(11-9-17)24-16(4)27)21(23(26)29)25-19-13-14(2)6-7-15(19)3/h5-11,13,25H,1,12H2,2-4H3,(H,24,27). The number of benzene rings is 2. The number of hydrogen-bond donors (Lipinski definition) is 2. The van der Waals surface area contributed by atoms with Gasteiger partial charge in [0.2, 0.25) is 5.91 Å². The molecule has 6 heteroatoms. The van der Waals surface area contributed by atoms with Crippen LogP contribution in [0, 0.1) is 13.8 Å². The molecule has 0 bridgehead atoms. The van der Waals surface area contributed by atoms with E-state index in [0.717, 1.165) is 21.7 Å². The minimum Gasteiger partial charge on any atom is -0.350 e. The normalized spacial score (nSPS) is 13.7. The lowest BCUT2D eigenvalue weighted by atomic mass is 10.0. The van der Waals surface area contributed by atoms with Crippen LogP contribution < -0.4 is 10.6 Å². The van der Waals surface area contributed by atoms with Crippen LogP contribution in [-0.2, 0) is 14.4 Å². The van der Waals surface area contributed by atoms with E-state index >= 15 is 0 Å². The van der Waals surface area contributed by atoms with Gasteiger partial charge in [-0.2, -0.15) is 0 Å². The van der Waals surface area contributed by atoms with E-state index in [9.17, 15) is 14.4 Å². The third-order valence-electron chi connectivity index (χ3n) is 4.63. The molecule has 1 aliphatic heterocycles. The summed E-state index contributed by atoms with van der Waals surface area (Å²) in [5, 5.41) is 5.87. The molecule has 0 aliphatic carbocycles. The maximum atomic E-state index is 13.0. The molecule has 0 spiro atoms. The van der Waals surface area contributed by atoms with Gasteiger partial charge in [0, 0.05) is 24.8 Å². The number of imide groups is 1.